The molecule has 0 aromatic heterocycles. The van der Waals surface area contributed by atoms with E-state index in [1.165, 1.54) is 4.90 Å². The van der Waals surface area contributed by atoms with Gasteiger partial charge in [-0.05, 0) is 29.8 Å². The summed E-state index contributed by atoms with van der Waals surface area (Å²) in [5.74, 6) is 1.68. The van der Waals surface area contributed by atoms with Gasteiger partial charge in [-0.3, -0.25) is 4.79 Å². The molecule has 1 aliphatic heterocycles. The lowest BCUT2D eigenvalue weighted by atomic mass is 10.0. The first-order valence-electron chi connectivity index (χ1n) is 10.7. The summed E-state index contributed by atoms with van der Waals surface area (Å²) < 4.78 is 11.0. The molecule has 1 saturated heterocycles. The van der Waals surface area contributed by atoms with Gasteiger partial charge in [0, 0.05) is 24.1 Å². The second-order valence-electron chi connectivity index (χ2n) is 7.85. The number of nitrogens with one attached hydrogen (secondary N) is 2. The lowest BCUT2D eigenvalue weighted by Gasteiger charge is -2.23. The van der Waals surface area contributed by atoms with E-state index in [2.05, 4.69) is 17.4 Å². The van der Waals surface area contributed by atoms with Crippen molar-refractivity contribution in [2.45, 2.75) is 18.9 Å². The van der Waals surface area contributed by atoms with Gasteiger partial charge in [0.05, 0.1) is 26.3 Å². The summed E-state index contributed by atoms with van der Waals surface area (Å²) in [7, 11) is 3.36. The Bertz CT molecular complexity index is 1040. The molecule has 0 radical (unpaired) electrons. The zero-order valence-corrected chi connectivity index (χ0v) is 18.1. The van der Waals surface area contributed by atoms with Gasteiger partial charge in [-0.25, -0.2) is 0 Å². The monoisotopic (exact) mass is 417 g/mol. The lowest BCUT2D eigenvalue weighted by molar-refractivity contribution is -0.910. The fourth-order valence-electron chi connectivity index (χ4n) is 4.47. The van der Waals surface area contributed by atoms with Crippen LogP contribution in [-0.4, -0.2) is 33.2 Å². The number of carbonyl (C=O) groups excluding carboxylic acids is 1. The smallest absolute Gasteiger partial charge is 0.279 e. The van der Waals surface area contributed by atoms with Gasteiger partial charge in [-0.15, -0.1) is 0 Å². The van der Waals surface area contributed by atoms with E-state index in [1.807, 2.05) is 60.7 Å². The summed E-state index contributed by atoms with van der Waals surface area (Å²) in [5, 5.41) is 3.14. The van der Waals surface area contributed by atoms with Crippen LogP contribution in [0.25, 0.3) is 11.1 Å². The Kier molecular flexibility index (Phi) is 6.53. The molecule has 5 heteroatoms. The Hall–Kier alpha value is -3.31. The SMILES string of the molecule is COc1ccc(OC)c([C@H]2CCC[NH+]2CC(=O)Nc2ccccc2-c2ccccc2)c1. The number of rotatable bonds is 7. The fourth-order valence-corrected chi connectivity index (χ4v) is 4.47. The molecule has 2 atom stereocenters. The second kappa shape index (κ2) is 9.67. The highest BCUT2D eigenvalue weighted by Crippen LogP contribution is 2.32. The highest BCUT2D eigenvalue weighted by atomic mass is 16.5. The molecular formula is C26H29N2O3+. The van der Waals surface area contributed by atoms with Crippen LogP contribution in [0.4, 0.5) is 5.69 Å². The molecule has 4 rings (SSSR count). The first-order chi connectivity index (χ1) is 15.2. The molecule has 0 aliphatic carbocycles. The largest absolute Gasteiger partial charge is 0.497 e. The zero-order chi connectivity index (χ0) is 21.6. The van der Waals surface area contributed by atoms with Crippen LogP contribution in [0.1, 0.15) is 24.4 Å². The van der Waals surface area contributed by atoms with Gasteiger partial charge in [0.25, 0.3) is 5.91 Å². The van der Waals surface area contributed by atoms with Gasteiger partial charge in [-0.2, -0.15) is 0 Å². The number of carbonyl (C=O) groups is 1. The van der Waals surface area contributed by atoms with E-state index >= 15 is 0 Å². The van der Waals surface area contributed by atoms with Crippen molar-refractivity contribution in [3.63, 3.8) is 0 Å². The van der Waals surface area contributed by atoms with E-state index < -0.39 is 0 Å². The number of ether oxygens (including phenoxy) is 2. The number of amides is 1. The molecule has 2 N–H and O–H groups in total. The topological polar surface area (TPSA) is 52.0 Å². The number of anilines is 1. The van der Waals surface area contributed by atoms with Crippen molar-refractivity contribution in [3.8, 4) is 22.6 Å². The van der Waals surface area contributed by atoms with Gasteiger partial charge in [0.2, 0.25) is 0 Å². The Balaban J connectivity index is 1.51. The van der Waals surface area contributed by atoms with E-state index in [4.69, 9.17) is 9.47 Å². The molecule has 1 heterocycles. The van der Waals surface area contributed by atoms with Crippen molar-refractivity contribution in [1.82, 2.24) is 0 Å². The number of hydrogen-bond acceptors (Lipinski definition) is 3. The Morgan fingerprint density at radius 2 is 1.77 bits per heavy atom. The number of para-hydroxylation sites is 1. The third kappa shape index (κ3) is 4.72. The zero-order valence-electron chi connectivity index (χ0n) is 18.1. The summed E-state index contributed by atoms with van der Waals surface area (Å²) >= 11 is 0. The number of benzene rings is 3. The molecule has 0 spiro atoms. The second-order valence-corrected chi connectivity index (χ2v) is 7.85. The molecule has 160 valence electrons. The molecule has 1 unspecified atom stereocenters. The van der Waals surface area contributed by atoms with E-state index in [0.717, 1.165) is 53.3 Å². The fraction of sp³-hybridized carbons (Fsp3) is 0.269. The summed E-state index contributed by atoms with van der Waals surface area (Å²) in [4.78, 5) is 14.3. The van der Waals surface area contributed by atoms with Crippen LogP contribution in [0.3, 0.4) is 0 Å². The maximum atomic E-state index is 13.0. The van der Waals surface area contributed by atoms with Gasteiger partial charge in [0.15, 0.2) is 6.54 Å². The summed E-state index contributed by atoms with van der Waals surface area (Å²) in [5.41, 5.74) is 4.06. The summed E-state index contributed by atoms with van der Waals surface area (Å²) in [6.45, 7) is 1.37. The van der Waals surface area contributed by atoms with Gasteiger partial charge < -0.3 is 19.7 Å². The van der Waals surface area contributed by atoms with Crippen LogP contribution < -0.4 is 19.7 Å². The highest BCUT2D eigenvalue weighted by molar-refractivity contribution is 5.96. The third-order valence-electron chi connectivity index (χ3n) is 5.97. The van der Waals surface area contributed by atoms with E-state index in [-0.39, 0.29) is 11.9 Å². The van der Waals surface area contributed by atoms with Crippen molar-refractivity contribution >= 4 is 11.6 Å². The third-order valence-corrected chi connectivity index (χ3v) is 5.97. The van der Waals surface area contributed by atoms with Crippen molar-refractivity contribution in [2.75, 3.05) is 32.6 Å². The van der Waals surface area contributed by atoms with Gasteiger partial charge >= 0.3 is 0 Å². The maximum Gasteiger partial charge on any atom is 0.279 e. The van der Waals surface area contributed by atoms with Crippen molar-refractivity contribution in [2.24, 2.45) is 0 Å². The van der Waals surface area contributed by atoms with Crippen molar-refractivity contribution < 1.29 is 19.2 Å². The minimum atomic E-state index is 0.0205. The Morgan fingerprint density at radius 3 is 2.55 bits per heavy atom. The number of methoxy groups -OCH3 is 2. The average molecular weight is 418 g/mol. The summed E-state index contributed by atoms with van der Waals surface area (Å²) in [6.07, 6.45) is 2.10. The quantitative estimate of drug-likeness (QED) is 0.616. The van der Waals surface area contributed by atoms with Crippen molar-refractivity contribution in [3.05, 3.63) is 78.4 Å². The normalized spacial score (nSPS) is 17.9. The molecule has 0 bridgehead atoms. The van der Waals surface area contributed by atoms with Crippen LogP contribution in [0.5, 0.6) is 11.5 Å². The molecule has 1 fully saturated rings. The minimum Gasteiger partial charge on any atom is -0.497 e. The van der Waals surface area contributed by atoms with E-state index in [0.29, 0.717) is 6.54 Å². The van der Waals surface area contributed by atoms with Crippen LogP contribution in [-0.2, 0) is 4.79 Å². The lowest BCUT2D eigenvalue weighted by Crippen LogP contribution is -3.11. The van der Waals surface area contributed by atoms with Crippen LogP contribution in [0.15, 0.2) is 72.8 Å². The number of hydrogen-bond donors (Lipinski definition) is 2. The van der Waals surface area contributed by atoms with Crippen LogP contribution in [0, 0.1) is 0 Å². The molecule has 3 aromatic carbocycles. The van der Waals surface area contributed by atoms with Gasteiger partial charge in [0.1, 0.15) is 17.5 Å². The van der Waals surface area contributed by atoms with Crippen LogP contribution in [0.2, 0.25) is 0 Å². The summed E-state index contributed by atoms with van der Waals surface area (Å²) in [6, 6.07) is 24.2. The first kappa shape index (κ1) is 20.9. The molecule has 31 heavy (non-hydrogen) atoms. The molecule has 0 saturated carbocycles. The molecule has 3 aromatic rings. The van der Waals surface area contributed by atoms with E-state index in [9.17, 15) is 4.79 Å². The van der Waals surface area contributed by atoms with Crippen molar-refractivity contribution in [1.29, 1.82) is 0 Å². The number of quaternary nitrogens is 1. The predicted octanol–water partition coefficient (Wildman–Crippen LogP) is 3.73. The number of likely N-dealkylation sites (tertiary alicyclic amines) is 1. The van der Waals surface area contributed by atoms with Gasteiger partial charge in [-0.1, -0.05) is 48.5 Å². The average Bonchev–Trinajstić information content (AvgIpc) is 3.27. The Labute approximate surface area is 183 Å². The molecule has 1 aliphatic rings. The standard InChI is InChI=1S/C26H28N2O3/c1-30-20-14-15-25(31-2)22(17-20)24-13-8-16-28(24)18-26(29)27-23-12-7-6-11-21(23)19-9-4-3-5-10-19/h3-7,9-12,14-15,17,24H,8,13,16,18H2,1-2H3,(H,27,29)/p+1/t24-/m1/s1. The molecule has 5 nitrogen and oxygen atoms in total. The molecule has 1 amide bonds. The van der Waals surface area contributed by atoms with Crippen LogP contribution >= 0.6 is 0 Å². The first-order valence-corrected chi connectivity index (χ1v) is 10.7. The molecular weight excluding hydrogens is 388 g/mol. The predicted molar refractivity (Wildman–Crippen MR) is 123 cm³/mol. The Morgan fingerprint density at radius 1 is 1.00 bits per heavy atom. The maximum absolute atomic E-state index is 13.0. The highest BCUT2D eigenvalue weighted by Gasteiger charge is 2.34. The minimum absolute atomic E-state index is 0.0205. The van der Waals surface area contributed by atoms with E-state index in [1.54, 1.807) is 14.2 Å².